The number of halogens is 1. The van der Waals surface area contributed by atoms with E-state index in [-0.39, 0.29) is 5.25 Å². The van der Waals surface area contributed by atoms with Gasteiger partial charge in [0.05, 0.1) is 22.7 Å². The number of aromatic nitrogens is 2. The number of hydrogen-bond acceptors (Lipinski definition) is 5. The smallest absolute Gasteiger partial charge is 0.225 e. The average molecular weight is 303 g/mol. The van der Waals surface area contributed by atoms with Gasteiger partial charge in [0.1, 0.15) is 0 Å². The molecule has 104 valence electrons. The van der Waals surface area contributed by atoms with E-state index in [0.717, 1.165) is 12.8 Å². The molecule has 19 heavy (non-hydrogen) atoms. The fourth-order valence-corrected chi connectivity index (χ4v) is 4.11. The molecule has 2 heterocycles. The van der Waals surface area contributed by atoms with Gasteiger partial charge in [-0.3, -0.25) is 0 Å². The Labute approximate surface area is 117 Å². The molecule has 0 atom stereocenters. The van der Waals surface area contributed by atoms with Gasteiger partial charge in [0, 0.05) is 26.2 Å². The number of rotatable bonds is 3. The van der Waals surface area contributed by atoms with Gasteiger partial charge in [-0.2, -0.15) is 4.31 Å². The molecule has 3 rings (SSSR count). The van der Waals surface area contributed by atoms with Crippen molar-refractivity contribution in [2.45, 2.75) is 18.1 Å². The van der Waals surface area contributed by atoms with Gasteiger partial charge in [-0.25, -0.2) is 18.4 Å². The summed E-state index contributed by atoms with van der Waals surface area (Å²) in [6.07, 6.45) is 4.72. The summed E-state index contributed by atoms with van der Waals surface area (Å²) in [5.74, 6) is 0.605. The van der Waals surface area contributed by atoms with Crippen LogP contribution < -0.4 is 4.90 Å². The largest absolute Gasteiger partial charge is 0.338 e. The lowest BCUT2D eigenvalue weighted by Gasteiger charge is -2.33. The van der Waals surface area contributed by atoms with E-state index in [9.17, 15) is 8.42 Å². The summed E-state index contributed by atoms with van der Waals surface area (Å²) in [4.78, 5) is 10.3. The molecule has 2 fully saturated rings. The topological polar surface area (TPSA) is 66.4 Å². The maximum Gasteiger partial charge on any atom is 0.225 e. The average Bonchev–Trinajstić information content (AvgIpc) is 3.24. The molecule has 1 saturated carbocycles. The lowest BCUT2D eigenvalue weighted by Crippen LogP contribution is -2.50. The first-order chi connectivity index (χ1) is 9.07. The summed E-state index contributed by atoms with van der Waals surface area (Å²) in [7, 11) is -3.06. The molecule has 8 heteroatoms. The molecular weight excluding hydrogens is 288 g/mol. The Balaban J connectivity index is 1.64. The number of piperazine rings is 1. The molecule has 2 aliphatic rings. The van der Waals surface area contributed by atoms with Crippen LogP contribution >= 0.6 is 11.6 Å². The van der Waals surface area contributed by atoms with Crippen molar-refractivity contribution >= 4 is 27.6 Å². The van der Waals surface area contributed by atoms with E-state index in [0.29, 0.717) is 37.1 Å². The maximum absolute atomic E-state index is 12.1. The number of anilines is 1. The van der Waals surface area contributed by atoms with Crippen LogP contribution in [0.5, 0.6) is 0 Å². The van der Waals surface area contributed by atoms with Crippen molar-refractivity contribution in [1.29, 1.82) is 0 Å². The van der Waals surface area contributed by atoms with Crippen LogP contribution in [0, 0.1) is 0 Å². The molecule has 0 spiro atoms. The zero-order valence-corrected chi connectivity index (χ0v) is 11.9. The molecule has 1 aliphatic heterocycles. The second-order valence-corrected chi connectivity index (χ2v) is 7.48. The fourth-order valence-electron chi connectivity index (χ4n) is 2.19. The lowest BCUT2D eigenvalue weighted by atomic mass is 10.4. The third-order valence-corrected chi connectivity index (χ3v) is 6.03. The molecule has 1 aliphatic carbocycles. The van der Waals surface area contributed by atoms with E-state index < -0.39 is 10.0 Å². The predicted molar refractivity (Wildman–Crippen MR) is 72.8 cm³/mol. The third-order valence-electron chi connectivity index (χ3n) is 3.43. The Bertz CT molecular complexity index is 551. The van der Waals surface area contributed by atoms with Gasteiger partial charge in [-0.15, -0.1) is 0 Å². The highest BCUT2D eigenvalue weighted by atomic mass is 35.5. The summed E-state index contributed by atoms with van der Waals surface area (Å²) in [6, 6.07) is 0. The van der Waals surface area contributed by atoms with E-state index >= 15 is 0 Å². The molecular formula is C11H15ClN4O2S. The first-order valence-electron chi connectivity index (χ1n) is 6.29. The Morgan fingerprint density at radius 1 is 1.11 bits per heavy atom. The molecule has 0 bridgehead atoms. The quantitative estimate of drug-likeness (QED) is 0.824. The van der Waals surface area contributed by atoms with Crippen molar-refractivity contribution in [3.05, 3.63) is 17.4 Å². The molecule has 0 aromatic carbocycles. The zero-order valence-electron chi connectivity index (χ0n) is 10.4. The van der Waals surface area contributed by atoms with Crippen LogP contribution in [0.25, 0.3) is 0 Å². The van der Waals surface area contributed by atoms with Gasteiger partial charge < -0.3 is 4.90 Å². The van der Waals surface area contributed by atoms with Crippen LogP contribution in [0.2, 0.25) is 5.02 Å². The van der Waals surface area contributed by atoms with Crippen molar-refractivity contribution in [3.8, 4) is 0 Å². The van der Waals surface area contributed by atoms with E-state index in [1.165, 1.54) is 0 Å². The molecule has 1 saturated heterocycles. The monoisotopic (exact) mass is 302 g/mol. The van der Waals surface area contributed by atoms with Gasteiger partial charge in [0.2, 0.25) is 16.0 Å². The second kappa shape index (κ2) is 4.88. The van der Waals surface area contributed by atoms with Crippen molar-refractivity contribution in [2.75, 3.05) is 31.1 Å². The third kappa shape index (κ3) is 2.68. The highest BCUT2D eigenvalue weighted by molar-refractivity contribution is 7.90. The highest BCUT2D eigenvalue weighted by Crippen LogP contribution is 2.31. The van der Waals surface area contributed by atoms with Crippen molar-refractivity contribution in [3.63, 3.8) is 0 Å². The van der Waals surface area contributed by atoms with Crippen LogP contribution in [-0.2, 0) is 10.0 Å². The molecule has 6 nitrogen and oxygen atoms in total. The van der Waals surface area contributed by atoms with Crippen LogP contribution in [0.1, 0.15) is 12.8 Å². The maximum atomic E-state index is 12.1. The van der Waals surface area contributed by atoms with E-state index in [2.05, 4.69) is 9.97 Å². The zero-order chi connectivity index (χ0) is 13.5. The number of hydrogen-bond donors (Lipinski definition) is 0. The Kier molecular flexibility index (Phi) is 3.36. The van der Waals surface area contributed by atoms with Gasteiger partial charge >= 0.3 is 0 Å². The first-order valence-corrected chi connectivity index (χ1v) is 8.17. The van der Waals surface area contributed by atoms with Crippen LogP contribution in [0.4, 0.5) is 5.95 Å². The number of nitrogens with zero attached hydrogens (tertiary/aromatic N) is 4. The second-order valence-electron chi connectivity index (χ2n) is 4.83. The van der Waals surface area contributed by atoms with Crippen molar-refractivity contribution in [2.24, 2.45) is 0 Å². The molecule has 0 unspecified atom stereocenters. The van der Waals surface area contributed by atoms with Crippen molar-refractivity contribution < 1.29 is 8.42 Å². The summed E-state index contributed by atoms with van der Waals surface area (Å²) in [6.45, 7) is 2.25. The van der Waals surface area contributed by atoms with Gasteiger partial charge in [0.25, 0.3) is 0 Å². The highest BCUT2D eigenvalue weighted by Gasteiger charge is 2.41. The number of sulfonamides is 1. The van der Waals surface area contributed by atoms with E-state index in [1.54, 1.807) is 16.7 Å². The van der Waals surface area contributed by atoms with Gasteiger partial charge in [0.15, 0.2) is 0 Å². The minimum absolute atomic E-state index is 0.133. The van der Waals surface area contributed by atoms with Gasteiger partial charge in [-0.1, -0.05) is 11.6 Å². The summed E-state index contributed by atoms with van der Waals surface area (Å²) in [5.41, 5.74) is 0. The van der Waals surface area contributed by atoms with E-state index in [1.807, 2.05) is 4.90 Å². The minimum Gasteiger partial charge on any atom is -0.338 e. The SMILES string of the molecule is O=S(=O)(C1CC1)N1CCN(c2ncc(Cl)cn2)CC1. The Morgan fingerprint density at radius 2 is 1.68 bits per heavy atom. The molecule has 0 radical (unpaired) electrons. The van der Waals surface area contributed by atoms with Crippen LogP contribution in [0.3, 0.4) is 0 Å². The van der Waals surface area contributed by atoms with Gasteiger partial charge in [-0.05, 0) is 12.8 Å². The Hall–Kier alpha value is -0.920. The molecule has 1 aromatic heterocycles. The standard InChI is InChI=1S/C11H15ClN4O2S/c12-9-7-13-11(14-8-9)15-3-5-16(6-4-15)19(17,18)10-1-2-10/h7-8,10H,1-6H2. The fraction of sp³-hybridized carbons (Fsp3) is 0.636. The van der Waals surface area contributed by atoms with Crippen LogP contribution in [0.15, 0.2) is 12.4 Å². The predicted octanol–water partition coefficient (Wildman–Crippen LogP) is 0.744. The van der Waals surface area contributed by atoms with E-state index in [4.69, 9.17) is 11.6 Å². The summed E-state index contributed by atoms with van der Waals surface area (Å²) in [5, 5.41) is 0.365. The minimum atomic E-state index is -3.06. The Morgan fingerprint density at radius 3 is 2.21 bits per heavy atom. The van der Waals surface area contributed by atoms with Crippen molar-refractivity contribution in [1.82, 2.24) is 14.3 Å². The first kappa shape index (κ1) is 13.1. The lowest BCUT2D eigenvalue weighted by molar-refractivity contribution is 0.382. The summed E-state index contributed by atoms with van der Waals surface area (Å²) >= 11 is 5.74. The molecule has 0 N–H and O–H groups in total. The van der Waals surface area contributed by atoms with Crippen LogP contribution in [-0.4, -0.2) is 54.1 Å². The normalized spacial score (nSPS) is 21.6. The summed E-state index contributed by atoms with van der Waals surface area (Å²) < 4.78 is 25.8. The molecule has 0 amide bonds. The molecule has 1 aromatic rings.